The maximum atomic E-state index is 12.7. The smallest absolute Gasteiger partial charge is 0.237 e. The summed E-state index contributed by atoms with van der Waals surface area (Å²) in [5.41, 5.74) is 3.70. The Hall–Kier alpha value is -2.46. The summed E-state index contributed by atoms with van der Waals surface area (Å²) in [6.45, 7) is 0. The third-order valence-corrected chi connectivity index (χ3v) is 5.16. The lowest BCUT2D eigenvalue weighted by Gasteiger charge is -2.20. The number of carbonyl (C=O) groups is 1. The fraction of sp³-hybridized carbons (Fsp3) is 0.167. The third-order valence-electron chi connectivity index (χ3n) is 4.95. The third kappa shape index (κ3) is 1.70. The lowest BCUT2D eigenvalue weighted by Crippen LogP contribution is -2.35. The predicted molar refractivity (Wildman–Crippen MR) is 88.7 cm³/mol. The number of anilines is 1. The molecule has 5 rings (SSSR count). The second kappa shape index (κ2) is 4.30. The van der Waals surface area contributed by atoms with E-state index in [1.807, 2.05) is 18.2 Å². The van der Waals surface area contributed by atoms with Gasteiger partial charge in [-0.25, -0.2) is 9.97 Å². The van der Waals surface area contributed by atoms with Gasteiger partial charge >= 0.3 is 0 Å². The molecular weight excluding hydrogens is 310 g/mol. The van der Waals surface area contributed by atoms with Crippen molar-refractivity contribution >= 4 is 34.2 Å². The number of amides is 1. The molecule has 1 atom stereocenters. The van der Waals surface area contributed by atoms with Crippen molar-refractivity contribution in [3.63, 3.8) is 0 Å². The van der Waals surface area contributed by atoms with Crippen LogP contribution in [-0.2, 0) is 23.1 Å². The number of hydrogen-bond acceptors (Lipinski definition) is 3. The average molecular weight is 322 g/mol. The average Bonchev–Trinajstić information content (AvgIpc) is 3.04. The van der Waals surface area contributed by atoms with E-state index in [1.165, 1.54) is 11.1 Å². The van der Waals surface area contributed by atoms with E-state index >= 15 is 0 Å². The fourth-order valence-electron chi connectivity index (χ4n) is 3.87. The number of fused-ring (bicyclic) bond motifs is 4. The van der Waals surface area contributed by atoms with Gasteiger partial charge in [-0.15, -0.1) is 0 Å². The summed E-state index contributed by atoms with van der Waals surface area (Å²) in [6, 6.07) is 11.8. The Kier molecular flexibility index (Phi) is 2.43. The maximum absolute atomic E-state index is 12.7. The number of halogens is 1. The first-order valence-corrected chi connectivity index (χ1v) is 7.89. The molecule has 0 fully saturated rings. The number of aromatic nitrogens is 2. The van der Waals surface area contributed by atoms with Crippen molar-refractivity contribution < 1.29 is 4.79 Å². The van der Waals surface area contributed by atoms with Gasteiger partial charge in [0.25, 0.3) is 0 Å². The van der Waals surface area contributed by atoms with E-state index in [1.54, 1.807) is 12.3 Å². The van der Waals surface area contributed by atoms with Crippen LogP contribution in [0.4, 0.5) is 5.82 Å². The number of benzene rings is 1. The molecule has 112 valence electrons. The van der Waals surface area contributed by atoms with E-state index < -0.39 is 5.41 Å². The van der Waals surface area contributed by atoms with Crippen LogP contribution in [0, 0.1) is 0 Å². The molecule has 3 heterocycles. The first kappa shape index (κ1) is 13.0. The molecule has 0 saturated heterocycles. The molecule has 0 bridgehead atoms. The highest BCUT2D eigenvalue weighted by atomic mass is 35.5. The SMILES string of the molecule is O=C1Nc2ncccc2C12Cc1cc3ccc(Cl)nc3cc1C2. The van der Waals surface area contributed by atoms with Crippen molar-refractivity contribution in [1.82, 2.24) is 9.97 Å². The Bertz CT molecular complexity index is 1000. The molecule has 1 amide bonds. The zero-order valence-electron chi connectivity index (χ0n) is 12.1. The molecular formula is C18H12ClN3O. The molecule has 1 aromatic carbocycles. The second-order valence-corrected chi connectivity index (χ2v) is 6.62. The molecule has 1 aliphatic heterocycles. The fourth-order valence-corrected chi connectivity index (χ4v) is 4.02. The first-order valence-electron chi connectivity index (χ1n) is 7.51. The summed E-state index contributed by atoms with van der Waals surface area (Å²) in [6.07, 6.45) is 3.09. The normalized spacial score (nSPS) is 21.5. The number of rotatable bonds is 0. The topological polar surface area (TPSA) is 54.9 Å². The van der Waals surface area contributed by atoms with Crippen LogP contribution in [0.3, 0.4) is 0 Å². The lowest BCUT2D eigenvalue weighted by atomic mass is 9.79. The summed E-state index contributed by atoms with van der Waals surface area (Å²) in [5, 5.41) is 4.46. The standard InChI is InChI=1S/C18H12ClN3O/c19-15-4-3-10-6-11-8-18(9-12(11)7-14(10)21-15)13-2-1-5-20-16(13)22-17(18)23/h1-7H,8-9H2,(H,20,22,23). The summed E-state index contributed by atoms with van der Waals surface area (Å²) in [7, 11) is 0. The molecule has 0 radical (unpaired) electrons. The van der Waals surface area contributed by atoms with Crippen LogP contribution >= 0.6 is 11.6 Å². The van der Waals surface area contributed by atoms with Gasteiger partial charge in [0.1, 0.15) is 11.0 Å². The van der Waals surface area contributed by atoms with Gasteiger partial charge in [0, 0.05) is 17.1 Å². The Labute approximate surface area is 137 Å². The highest BCUT2D eigenvalue weighted by Gasteiger charge is 2.51. The number of pyridine rings is 2. The largest absolute Gasteiger partial charge is 0.310 e. The molecule has 2 aromatic heterocycles. The van der Waals surface area contributed by atoms with E-state index in [-0.39, 0.29) is 5.91 Å². The highest BCUT2D eigenvalue weighted by molar-refractivity contribution is 6.29. The molecule has 5 heteroatoms. The summed E-state index contributed by atoms with van der Waals surface area (Å²) in [4.78, 5) is 21.4. The Balaban J connectivity index is 1.69. The Morgan fingerprint density at radius 2 is 1.96 bits per heavy atom. The van der Waals surface area contributed by atoms with Crippen LogP contribution in [0.5, 0.6) is 0 Å². The van der Waals surface area contributed by atoms with Crippen molar-refractivity contribution in [3.8, 4) is 0 Å². The zero-order valence-corrected chi connectivity index (χ0v) is 12.9. The van der Waals surface area contributed by atoms with Crippen LogP contribution in [-0.4, -0.2) is 15.9 Å². The highest BCUT2D eigenvalue weighted by Crippen LogP contribution is 2.47. The van der Waals surface area contributed by atoms with Crippen molar-refractivity contribution in [1.29, 1.82) is 0 Å². The Morgan fingerprint density at radius 3 is 2.83 bits per heavy atom. The monoisotopic (exact) mass is 321 g/mol. The quantitative estimate of drug-likeness (QED) is 0.647. The molecule has 23 heavy (non-hydrogen) atoms. The van der Waals surface area contributed by atoms with Crippen molar-refractivity contribution in [3.05, 3.63) is 64.4 Å². The van der Waals surface area contributed by atoms with Gasteiger partial charge in [0.15, 0.2) is 0 Å². The van der Waals surface area contributed by atoms with E-state index in [4.69, 9.17) is 11.6 Å². The van der Waals surface area contributed by atoms with Crippen molar-refractivity contribution in [2.75, 3.05) is 5.32 Å². The van der Waals surface area contributed by atoms with Crippen LogP contribution < -0.4 is 5.32 Å². The van der Waals surface area contributed by atoms with Gasteiger partial charge in [-0.3, -0.25) is 4.79 Å². The Morgan fingerprint density at radius 1 is 1.13 bits per heavy atom. The van der Waals surface area contributed by atoms with Crippen molar-refractivity contribution in [2.24, 2.45) is 0 Å². The van der Waals surface area contributed by atoms with E-state index in [0.29, 0.717) is 23.8 Å². The summed E-state index contributed by atoms with van der Waals surface area (Å²) in [5.74, 6) is 0.730. The van der Waals surface area contributed by atoms with Crippen LogP contribution in [0.25, 0.3) is 10.9 Å². The van der Waals surface area contributed by atoms with Gasteiger partial charge in [0.05, 0.1) is 10.9 Å². The van der Waals surface area contributed by atoms with Crippen LogP contribution in [0.15, 0.2) is 42.6 Å². The molecule has 4 nitrogen and oxygen atoms in total. The molecule has 3 aromatic rings. The first-order chi connectivity index (χ1) is 11.2. The minimum atomic E-state index is -0.535. The van der Waals surface area contributed by atoms with E-state index in [0.717, 1.165) is 16.5 Å². The number of nitrogens with zero attached hydrogens (tertiary/aromatic N) is 2. The van der Waals surface area contributed by atoms with Gasteiger partial charge in [-0.1, -0.05) is 17.7 Å². The molecule has 1 unspecified atom stereocenters. The van der Waals surface area contributed by atoms with Crippen LogP contribution in [0.2, 0.25) is 5.15 Å². The van der Waals surface area contributed by atoms with E-state index in [2.05, 4.69) is 27.4 Å². The summed E-state index contributed by atoms with van der Waals surface area (Å²) >= 11 is 6.00. The maximum Gasteiger partial charge on any atom is 0.237 e. The molecule has 0 saturated carbocycles. The zero-order chi connectivity index (χ0) is 15.6. The van der Waals surface area contributed by atoms with Gasteiger partial charge in [-0.2, -0.15) is 0 Å². The molecule has 1 N–H and O–H groups in total. The number of nitrogens with one attached hydrogen (secondary N) is 1. The van der Waals surface area contributed by atoms with Crippen molar-refractivity contribution in [2.45, 2.75) is 18.3 Å². The van der Waals surface area contributed by atoms with Gasteiger partial charge in [-0.05, 0) is 54.3 Å². The van der Waals surface area contributed by atoms with Crippen LogP contribution in [0.1, 0.15) is 16.7 Å². The molecule has 1 aliphatic carbocycles. The molecule has 2 aliphatic rings. The second-order valence-electron chi connectivity index (χ2n) is 6.24. The van der Waals surface area contributed by atoms with E-state index in [9.17, 15) is 4.79 Å². The van der Waals surface area contributed by atoms with Gasteiger partial charge < -0.3 is 5.32 Å². The minimum Gasteiger partial charge on any atom is -0.310 e. The number of hydrogen-bond donors (Lipinski definition) is 1. The molecule has 1 spiro atoms. The van der Waals surface area contributed by atoms with Gasteiger partial charge in [0.2, 0.25) is 5.91 Å². The summed E-state index contributed by atoms with van der Waals surface area (Å²) < 4.78 is 0. The predicted octanol–water partition coefficient (Wildman–Crippen LogP) is 3.27. The minimum absolute atomic E-state index is 0.0393. The lowest BCUT2D eigenvalue weighted by molar-refractivity contribution is -0.120. The number of carbonyl (C=O) groups excluding carboxylic acids is 1.